The molecule has 1 rings (SSSR count). The molecule has 4 nitrogen and oxygen atoms in total. The second-order valence-corrected chi connectivity index (χ2v) is 3.91. The summed E-state index contributed by atoms with van der Waals surface area (Å²) in [6.45, 7) is -1.42. The number of alkyl halides is 4. The van der Waals surface area contributed by atoms with E-state index >= 15 is 0 Å². The Bertz CT molecular complexity index is 449. The van der Waals surface area contributed by atoms with E-state index in [1.54, 1.807) is 0 Å². The Balaban J connectivity index is 3.33. The fourth-order valence-electron chi connectivity index (χ4n) is 1.06. The van der Waals surface area contributed by atoms with E-state index < -0.39 is 36.0 Å². The minimum Gasteiger partial charge on any atom is -0.478 e. The van der Waals surface area contributed by atoms with Crippen molar-refractivity contribution in [3.05, 3.63) is 20.9 Å². The van der Waals surface area contributed by atoms with Crippen LogP contribution in [-0.2, 0) is 6.67 Å². The number of ether oxygens (including phenoxy) is 1. The topological polar surface area (TPSA) is 59.4 Å². The third kappa shape index (κ3) is 3.41. The average molecular weight is 365 g/mol. The molecule has 94 valence electrons. The summed E-state index contributed by atoms with van der Waals surface area (Å²) in [5, 5.41) is 8.76. The highest BCUT2D eigenvalue weighted by molar-refractivity contribution is 14.1. The van der Waals surface area contributed by atoms with Crippen LogP contribution in [0.1, 0.15) is 15.9 Å². The third-order valence-corrected chi connectivity index (χ3v) is 2.47. The molecule has 9 heteroatoms. The molecule has 0 radical (unpaired) electrons. The van der Waals surface area contributed by atoms with Crippen molar-refractivity contribution in [2.24, 2.45) is 0 Å². The molecule has 0 aliphatic heterocycles. The Hall–Kier alpha value is -1.13. The lowest BCUT2D eigenvalue weighted by molar-refractivity contribution is -0.276. The van der Waals surface area contributed by atoms with Crippen molar-refractivity contribution in [1.82, 2.24) is 4.98 Å². The Morgan fingerprint density at radius 1 is 1.53 bits per heavy atom. The van der Waals surface area contributed by atoms with E-state index in [9.17, 15) is 22.4 Å². The summed E-state index contributed by atoms with van der Waals surface area (Å²) in [6, 6.07) is 0. The fourth-order valence-corrected chi connectivity index (χ4v) is 1.76. The van der Waals surface area contributed by atoms with E-state index in [4.69, 9.17) is 5.11 Å². The minimum atomic E-state index is -5.06. The monoisotopic (exact) mass is 365 g/mol. The predicted molar refractivity (Wildman–Crippen MR) is 55.4 cm³/mol. The van der Waals surface area contributed by atoms with Crippen LogP contribution in [0, 0.1) is 3.57 Å². The number of halogens is 5. The number of hydrogen-bond donors (Lipinski definition) is 1. The fraction of sp³-hybridized carbons (Fsp3) is 0.250. The molecule has 0 saturated heterocycles. The van der Waals surface area contributed by atoms with Crippen molar-refractivity contribution >= 4 is 28.6 Å². The van der Waals surface area contributed by atoms with Crippen molar-refractivity contribution in [3.8, 4) is 5.88 Å². The first-order valence-corrected chi connectivity index (χ1v) is 5.06. The molecule has 0 bridgehead atoms. The number of nitrogens with zero attached hydrogens (tertiary/aromatic N) is 1. The van der Waals surface area contributed by atoms with Gasteiger partial charge in [0.1, 0.15) is 6.67 Å². The number of carbonyl (C=O) groups is 1. The van der Waals surface area contributed by atoms with Gasteiger partial charge in [0.25, 0.3) is 0 Å². The summed E-state index contributed by atoms with van der Waals surface area (Å²) in [4.78, 5) is 14.0. The van der Waals surface area contributed by atoms with Gasteiger partial charge in [-0.3, -0.25) is 0 Å². The van der Waals surface area contributed by atoms with Crippen molar-refractivity contribution in [2.75, 3.05) is 0 Å². The second kappa shape index (κ2) is 5.02. The summed E-state index contributed by atoms with van der Waals surface area (Å²) < 4.78 is 52.0. The van der Waals surface area contributed by atoms with Gasteiger partial charge in [0.2, 0.25) is 5.88 Å². The van der Waals surface area contributed by atoms with E-state index in [1.807, 2.05) is 0 Å². The molecular weight excluding hydrogens is 361 g/mol. The van der Waals surface area contributed by atoms with Gasteiger partial charge in [-0.25, -0.2) is 14.2 Å². The summed E-state index contributed by atoms with van der Waals surface area (Å²) in [6.07, 6.45) is -4.19. The van der Waals surface area contributed by atoms with E-state index in [1.165, 1.54) is 22.6 Å². The maximum Gasteiger partial charge on any atom is 0.574 e. The van der Waals surface area contributed by atoms with Gasteiger partial charge in [-0.2, -0.15) is 0 Å². The molecule has 0 unspecified atom stereocenters. The van der Waals surface area contributed by atoms with Crippen molar-refractivity contribution in [1.29, 1.82) is 0 Å². The van der Waals surface area contributed by atoms with Crippen LogP contribution < -0.4 is 4.74 Å². The molecule has 0 amide bonds. The van der Waals surface area contributed by atoms with Gasteiger partial charge < -0.3 is 9.84 Å². The summed E-state index contributed by atoms with van der Waals surface area (Å²) in [5.74, 6) is -2.63. The lowest BCUT2D eigenvalue weighted by Crippen LogP contribution is -2.20. The molecule has 0 atom stereocenters. The molecule has 1 heterocycles. The minimum absolute atomic E-state index is 0.0253. The number of aromatic carboxylic acids is 1. The number of carboxylic acids is 1. The zero-order chi connectivity index (χ0) is 13.2. The van der Waals surface area contributed by atoms with Gasteiger partial charge in [-0.15, -0.1) is 13.2 Å². The predicted octanol–water partition coefficient (Wildman–Crippen LogP) is 2.75. The number of carboxylic acid groups (broad SMARTS) is 1. The highest BCUT2D eigenvalue weighted by Crippen LogP contribution is 2.29. The molecule has 0 spiro atoms. The maximum absolute atomic E-state index is 12.6. The first-order valence-electron chi connectivity index (χ1n) is 3.98. The van der Waals surface area contributed by atoms with Gasteiger partial charge >= 0.3 is 12.3 Å². The molecule has 0 saturated carbocycles. The zero-order valence-corrected chi connectivity index (χ0v) is 10.0. The van der Waals surface area contributed by atoms with Crippen LogP contribution in [0.3, 0.4) is 0 Å². The van der Waals surface area contributed by atoms with Crippen molar-refractivity contribution in [3.63, 3.8) is 0 Å². The molecule has 1 aromatic rings. The average Bonchev–Trinajstić information content (AvgIpc) is 2.17. The Kier molecular flexibility index (Phi) is 4.11. The molecule has 17 heavy (non-hydrogen) atoms. The smallest absolute Gasteiger partial charge is 0.478 e. The van der Waals surface area contributed by atoms with Crippen molar-refractivity contribution in [2.45, 2.75) is 13.0 Å². The van der Waals surface area contributed by atoms with E-state index in [0.717, 1.165) is 6.20 Å². The molecule has 0 aromatic carbocycles. The number of rotatable bonds is 3. The van der Waals surface area contributed by atoms with Gasteiger partial charge in [0.15, 0.2) is 0 Å². The van der Waals surface area contributed by atoms with Crippen LogP contribution in [0.15, 0.2) is 6.20 Å². The normalized spacial score (nSPS) is 11.4. The number of pyridine rings is 1. The van der Waals surface area contributed by atoms with Gasteiger partial charge in [0.05, 0.1) is 11.1 Å². The number of aromatic nitrogens is 1. The van der Waals surface area contributed by atoms with Crippen LogP contribution in [0.2, 0.25) is 0 Å². The zero-order valence-electron chi connectivity index (χ0n) is 7.89. The lowest BCUT2D eigenvalue weighted by atomic mass is 10.1. The molecule has 0 fully saturated rings. The first-order chi connectivity index (χ1) is 7.76. The molecule has 1 N–H and O–H groups in total. The molecule has 0 aliphatic rings. The van der Waals surface area contributed by atoms with Crippen LogP contribution >= 0.6 is 22.6 Å². The highest BCUT2D eigenvalue weighted by Gasteiger charge is 2.34. The van der Waals surface area contributed by atoms with Gasteiger partial charge in [0, 0.05) is 9.77 Å². The highest BCUT2D eigenvalue weighted by atomic mass is 127. The second-order valence-electron chi connectivity index (χ2n) is 2.75. The molecular formula is C8H4F4INO3. The Labute approximate surface area is 106 Å². The van der Waals surface area contributed by atoms with Crippen LogP contribution in [-0.4, -0.2) is 22.4 Å². The van der Waals surface area contributed by atoms with Crippen LogP contribution in [0.4, 0.5) is 17.6 Å². The SMILES string of the molecule is O=C(O)c1c(I)cnc(OC(F)(F)F)c1CF. The van der Waals surface area contributed by atoms with Crippen LogP contribution in [0.25, 0.3) is 0 Å². The maximum atomic E-state index is 12.6. The van der Waals surface area contributed by atoms with E-state index in [2.05, 4.69) is 9.72 Å². The van der Waals surface area contributed by atoms with E-state index in [-0.39, 0.29) is 3.57 Å². The molecule has 1 aromatic heterocycles. The van der Waals surface area contributed by atoms with Gasteiger partial charge in [-0.1, -0.05) is 0 Å². The van der Waals surface area contributed by atoms with Gasteiger partial charge in [-0.05, 0) is 22.6 Å². The summed E-state index contributed by atoms with van der Waals surface area (Å²) in [7, 11) is 0. The summed E-state index contributed by atoms with van der Waals surface area (Å²) in [5.41, 5.74) is -1.32. The first kappa shape index (κ1) is 13.9. The lowest BCUT2D eigenvalue weighted by Gasteiger charge is -2.12. The quantitative estimate of drug-likeness (QED) is 0.661. The largest absolute Gasteiger partial charge is 0.574 e. The van der Waals surface area contributed by atoms with Crippen molar-refractivity contribution < 1.29 is 32.2 Å². The Morgan fingerprint density at radius 2 is 2.12 bits per heavy atom. The molecule has 0 aliphatic carbocycles. The standard InChI is InChI=1S/C8H4F4INO3/c9-1-3-5(7(15)16)4(13)2-14-6(3)17-8(10,11)12/h2H,1H2,(H,15,16). The van der Waals surface area contributed by atoms with E-state index in [0.29, 0.717) is 0 Å². The third-order valence-electron chi connectivity index (χ3n) is 1.65. The number of hydrogen-bond acceptors (Lipinski definition) is 3. The Morgan fingerprint density at radius 3 is 2.53 bits per heavy atom. The van der Waals surface area contributed by atoms with Crippen LogP contribution in [0.5, 0.6) is 5.88 Å². The summed E-state index contributed by atoms with van der Waals surface area (Å²) >= 11 is 1.53.